The maximum absolute atomic E-state index is 12.3. The second-order valence-corrected chi connectivity index (χ2v) is 5.91. The number of carbonyl (C=O) groups is 1. The van der Waals surface area contributed by atoms with Crippen LogP contribution in [0.2, 0.25) is 0 Å². The highest BCUT2D eigenvalue weighted by atomic mass is 16.5. The summed E-state index contributed by atoms with van der Waals surface area (Å²) in [6.07, 6.45) is 3.38. The normalized spacial score (nSPS) is 10.7. The van der Waals surface area contributed by atoms with Crippen LogP contribution in [0, 0.1) is 0 Å². The van der Waals surface area contributed by atoms with E-state index in [2.05, 4.69) is 0 Å². The molecule has 0 saturated heterocycles. The molecule has 0 aliphatic heterocycles. The first-order valence-corrected chi connectivity index (χ1v) is 8.50. The lowest BCUT2D eigenvalue weighted by Crippen LogP contribution is -2.23. The van der Waals surface area contributed by atoms with Gasteiger partial charge in [0.05, 0.1) is 0 Å². The molecule has 0 fully saturated rings. The van der Waals surface area contributed by atoms with Crippen LogP contribution in [0.15, 0.2) is 91.0 Å². The standard InChI is InChI=1S/C23H21NO2/c1-24(21-12-6-3-7-13-21)23(25)16-15-19-11-8-14-22(17-19)26-18-20-9-4-2-5-10-20/h2-17H,18H2,1H3/b16-15+. The highest BCUT2D eigenvalue weighted by Crippen LogP contribution is 2.17. The van der Waals surface area contributed by atoms with Crippen LogP contribution in [-0.4, -0.2) is 13.0 Å². The van der Waals surface area contributed by atoms with Crippen molar-refractivity contribution in [3.63, 3.8) is 0 Å². The number of hydrogen-bond donors (Lipinski definition) is 0. The number of likely N-dealkylation sites (N-methyl/N-ethyl adjacent to an activating group) is 1. The summed E-state index contributed by atoms with van der Waals surface area (Å²) >= 11 is 0. The van der Waals surface area contributed by atoms with Gasteiger partial charge in [-0.05, 0) is 41.5 Å². The van der Waals surface area contributed by atoms with Crippen LogP contribution in [0.5, 0.6) is 5.75 Å². The smallest absolute Gasteiger partial charge is 0.250 e. The molecule has 26 heavy (non-hydrogen) atoms. The molecule has 0 heterocycles. The van der Waals surface area contributed by atoms with Crippen molar-refractivity contribution in [1.82, 2.24) is 0 Å². The summed E-state index contributed by atoms with van der Waals surface area (Å²) in [6.45, 7) is 0.518. The van der Waals surface area contributed by atoms with E-state index in [0.29, 0.717) is 6.61 Å². The molecule has 0 N–H and O–H groups in total. The number of anilines is 1. The van der Waals surface area contributed by atoms with E-state index in [1.807, 2.05) is 84.9 Å². The number of hydrogen-bond acceptors (Lipinski definition) is 2. The molecule has 0 bridgehead atoms. The molecule has 3 aromatic carbocycles. The molecule has 0 aliphatic rings. The van der Waals surface area contributed by atoms with E-state index >= 15 is 0 Å². The molecular weight excluding hydrogens is 322 g/mol. The minimum atomic E-state index is -0.0770. The lowest BCUT2D eigenvalue weighted by molar-refractivity contribution is -0.113. The number of rotatable bonds is 6. The first-order chi connectivity index (χ1) is 12.7. The molecule has 0 atom stereocenters. The van der Waals surface area contributed by atoms with E-state index < -0.39 is 0 Å². The van der Waals surface area contributed by atoms with Gasteiger partial charge in [0.1, 0.15) is 12.4 Å². The highest BCUT2D eigenvalue weighted by molar-refractivity contribution is 6.03. The van der Waals surface area contributed by atoms with Crippen LogP contribution in [0.3, 0.4) is 0 Å². The van der Waals surface area contributed by atoms with Crippen molar-refractivity contribution in [2.45, 2.75) is 6.61 Å². The van der Waals surface area contributed by atoms with Gasteiger partial charge in [-0.1, -0.05) is 60.7 Å². The third-order valence-corrected chi connectivity index (χ3v) is 4.00. The predicted molar refractivity (Wildman–Crippen MR) is 106 cm³/mol. The van der Waals surface area contributed by atoms with Gasteiger partial charge in [-0.25, -0.2) is 0 Å². The summed E-state index contributed by atoms with van der Waals surface area (Å²) in [6, 6.07) is 27.3. The van der Waals surface area contributed by atoms with Crippen molar-refractivity contribution in [2.24, 2.45) is 0 Å². The Morgan fingerprint density at radius 1 is 0.923 bits per heavy atom. The molecule has 1 amide bonds. The Morgan fingerprint density at radius 3 is 2.35 bits per heavy atom. The van der Waals surface area contributed by atoms with Gasteiger partial charge in [-0.3, -0.25) is 4.79 Å². The van der Waals surface area contributed by atoms with Crippen LogP contribution in [0.25, 0.3) is 6.08 Å². The first kappa shape index (κ1) is 17.5. The fraction of sp³-hybridized carbons (Fsp3) is 0.0870. The summed E-state index contributed by atoms with van der Waals surface area (Å²) < 4.78 is 5.83. The molecule has 0 aliphatic carbocycles. The zero-order valence-corrected chi connectivity index (χ0v) is 14.7. The third kappa shape index (κ3) is 4.84. The second kappa shape index (κ2) is 8.67. The Bertz CT molecular complexity index is 873. The summed E-state index contributed by atoms with van der Waals surface area (Å²) in [5.74, 6) is 0.701. The number of nitrogens with zero attached hydrogens (tertiary/aromatic N) is 1. The average molecular weight is 343 g/mol. The zero-order valence-electron chi connectivity index (χ0n) is 14.7. The van der Waals surface area contributed by atoms with Gasteiger partial charge in [0.2, 0.25) is 0 Å². The van der Waals surface area contributed by atoms with Crippen molar-refractivity contribution >= 4 is 17.7 Å². The SMILES string of the molecule is CN(C(=O)/C=C/c1cccc(OCc2ccccc2)c1)c1ccccc1. The van der Waals surface area contributed by atoms with Crippen molar-refractivity contribution < 1.29 is 9.53 Å². The van der Waals surface area contributed by atoms with Crippen LogP contribution < -0.4 is 9.64 Å². The fourth-order valence-electron chi connectivity index (χ4n) is 2.51. The molecule has 0 spiro atoms. The summed E-state index contributed by atoms with van der Waals surface area (Å²) in [5.41, 5.74) is 2.90. The lowest BCUT2D eigenvalue weighted by Gasteiger charge is -2.14. The van der Waals surface area contributed by atoms with Crippen molar-refractivity contribution in [3.8, 4) is 5.75 Å². The van der Waals surface area contributed by atoms with E-state index in [9.17, 15) is 4.79 Å². The van der Waals surface area contributed by atoms with Gasteiger partial charge >= 0.3 is 0 Å². The largest absolute Gasteiger partial charge is 0.489 e. The lowest BCUT2D eigenvalue weighted by atomic mass is 10.2. The Balaban J connectivity index is 1.62. The monoisotopic (exact) mass is 343 g/mol. The van der Waals surface area contributed by atoms with E-state index in [-0.39, 0.29) is 5.91 Å². The fourth-order valence-corrected chi connectivity index (χ4v) is 2.51. The van der Waals surface area contributed by atoms with Gasteiger partial charge in [-0.2, -0.15) is 0 Å². The Hall–Kier alpha value is -3.33. The minimum absolute atomic E-state index is 0.0770. The van der Waals surface area contributed by atoms with Gasteiger partial charge < -0.3 is 9.64 Å². The van der Waals surface area contributed by atoms with E-state index in [1.165, 1.54) is 0 Å². The number of para-hydroxylation sites is 1. The predicted octanol–water partition coefficient (Wildman–Crippen LogP) is 4.94. The molecule has 0 radical (unpaired) electrons. The summed E-state index contributed by atoms with van der Waals surface area (Å²) in [4.78, 5) is 13.9. The summed E-state index contributed by atoms with van der Waals surface area (Å²) in [7, 11) is 1.77. The van der Waals surface area contributed by atoms with Gasteiger partial charge in [0.25, 0.3) is 5.91 Å². The van der Waals surface area contributed by atoms with Crippen molar-refractivity contribution in [2.75, 3.05) is 11.9 Å². The molecule has 0 aromatic heterocycles. The molecule has 0 unspecified atom stereocenters. The average Bonchev–Trinajstić information content (AvgIpc) is 2.71. The first-order valence-electron chi connectivity index (χ1n) is 8.50. The van der Waals surface area contributed by atoms with Crippen LogP contribution in [0.1, 0.15) is 11.1 Å². The number of benzene rings is 3. The molecular formula is C23H21NO2. The topological polar surface area (TPSA) is 29.5 Å². The van der Waals surface area contributed by atoms with E-state index in [0.717, 1.165) is 22.6 Å². The van der Waals surface area contributed by atoms with Gasteiger partial charge in [0, 0.05) is 18.8 Å². The van der Waals surface area contributed by atoms with Crippen molar-refractivity contribution in [1.29, 1.82) is 0 Å². The molecule has 3 aromatic rings. The zero-order chi connectivity index (χ0) is 18.2. The van der Waals surface area contributed by atoms with Gasteiger partial charge in [-0.15, -0.1) is 0 Å². The van der Waals surface area contributed by atoms with E-state index in [1.54, 1.807) is 24.1 Å². The van der Waals surface area contributed by atoms with Crippen LogP contribution >= 0.6 is 0 Å². The number of carbonyl (C=O) groups excluding carboxylic acids is 1. The molecule has 0 saturated carbocycles. The minimum Gasteiger partial charge on any atom is -0.489 e. The Kier molecular flexibility index (Phi) is 5.84. The van der Waals surface area contributed by atoms with Crippen LogP contribution in [-0.2, 0) is 11.4 Å². The molecule has 3 nitrogen and oxygen atoms in total. The maximum atomic E-state index is 12.3. The highest BCUT2D eigenvalue weighted by Gasteiger charge is 2.06. The second-order valence-electron chi connectivity index (χ2n) is 5.91. The van der Waals surface area contributed by atoms with E-state index in [4.69, 9.17) is 4.74 Å². The molecule has 3 heteroatoms. The summed E-state index contributed by atoms with van der Waals surface area (Å²) in [5, 5.41) is 0. The molecule has 130 valence electrons. The maximum Gasteiger partial charge on any atom is 0.250 e. The molecule has 3 rings (SSSR count). The van der Waals surface area contributed by atoms with Crippen LogP contribution in [0.4, 0.5) is 5.69 Å². The van der Waals surface area contributed by atoms with Gasteiger partial charge in [0.15, 0.2) is 0 Å². The third-order valence-electron chi connectivity index (χ3n) is 4.00. The number of amides is 1. The number of ether oxygens (including phenoxy) is 1. The van der Waals surface area contributed by atoms with Crippen molar-refractivity contribution in [3.05, 3.63) is 102 Å². The Labute approximate surface area is 154 Å². The quantitative estimate of drug-likeness (QED) is 0.593. The Morgan fingerprint density at radius 2 is 1.62 bits per heavy atom.